The number of hydrogen-bond donors (Lipinski definition) is 1. The molecule has 0 amide bonds. The summed E-state index contributed by atoms with van der Waals surface area (Å²) in [5, 5.41) is 0. The second-order valence-electron chi connectivity index (χ2n) is 2.78. The number of nitrogen functional groups attached to an aromatic ring is 1. The number of hydrogen-bond acceptors (Lipinski definition) is 2. The van der Waals surface area contributed by atoms with E-state index in [9.17, 15) is 0 Å². The molecule has 0 bridgehead atoms. The summed E-state index contributed by atoms with van der Waals surface area (Å²) < 4.78 is 3.75. The second kappa shape index (κ2) is 2.99. The lowest BCUT2D eigenvalue weighted by atomic mass is 10.5. The average Bonchev–Trinajstić information content (AvgIpc) is 2.32. The summed E-state index contributed by atoms with van der Waals surface area (Å²) >= 11 is 6.82. The number of nitrogens with two attached hydrogens (primary N) is 1. The first-order valence-corrected chi connectivity index (χ1v) is 5.27. The van der Waals surface area contributed by atoms with Crippen molar-refractivity contribution in [2.45, 2.75) is 6.92 Å². The van der Waals surface area contributed by atoms with Gasteiger partial charge in [0.1, 0.15) is 5.82 Å². The van der Waals surface area contributed by atoms with Crippen LogP contribution in [-0.2, 0) is 0 Å². The Kier molecular flexibility index (Phi) is 2.08. The maximum Gasteiger partial charge on any atom is 0.153 e. The molecule has 0 aliphatic carbocycles. The number of anilines is 1. The molecule has 0 aliphatic rings. The first-order chi connectivity index (χ1) is 6.09. The van der Waals surface area contributed by atoms with Gasteiger partial charge in [-0.3, -0.25) is 4.40 Å². The van der Waals surface area contributed by atoms with Gasteiger partial charge in [0, 0.05) is 10.7 Å². The Morgan fingerprint density at radius 3 is 2.85 bits per heavy atom. The minimum Gasteiger partial charge on any atom is -0.383 e. The van der Waals surface area contributed by atoms with E-state index in [1.54, 1.807) is 0 Å². The maximum absolute atomic E-state index is 5.83. The van der Waals surface area contributed by atoms with Crippen LogP contribution in [0.4, 0.5) is 5.82 Å². The molecule has 0 saturated carbocycles. The summed E-state index contributed by atoms with van der Waals surface area (Å²) in [5.41, 5.74) is 7.53. The minimum atomic E-state index is 0.678. The van der Waals surface area contributed by atoms with E-state index in [2.05, 4.69) is 36.8 Å². The molecule has 0 atom stereocenters. The Hall–Kier alpha value is -0.550. The van der Waals surface area contributed by atoms with E-state index < -0.39 is 0 Å². The lowest BCUT2D eigenvalue weighted by molar-refractivity contribution is 1.17. The SMILES string of the molecule is Cc1nc2c(Br)cc(Br)cn2c1N. The van der Waals surface area contributed by atoms with Gasteiger partial charge in [-0.25, -0.2) is 4.98 Å². The molecule has 2 N–H and O–H groups in total. The number of aryl methyl sites for hydroxylation is 1. The van der Waals surface area contributed by atoms with Gasteiger partial charge in [-0.15, -0.1) is 0 Å². The highest BCUT2D eigenvalue weighted by Gasteiger charge is 2.08. The maximum atomic E-state index is 5.83. The number of pyridine rings is 1. The van der Waals surface area contributed by atoms with Gasteiger partial charge in [0.05, 0.1) is 10.2 Å². The molecule has 0 spiro atoms. The zero-order valence-corrected chi connectivity index (χ0v) is 10.1. The molecule has 2 aromatic heterocycles. The molecule has 0 unspecified atom stereocenters. The predicted octanol–water partition coefficient (Wildman–Crippen LogP) is 2.75. The van der Waals surface area contributed by atoms with Gasteiger partial charge in [-0.1, -0.05) is 0 Å². The number of imidazole rings is 1. The van der Waals surface area contributed by atoms with Gasteiger partial charge in [-0.2, -0.15) is 0 Å². The molecule has 13 heavy (non-hydrogen) atoms. The standard InChI is InChI=1S/C8H7Br2N3/c1-4-7(11)13-3-5(9)2-6(10)8(13)12-4/h2-3H,11H2,1H3. The summed E-state index contributed by atoms with van der Waals surface area (Å²) in [6, 6.07) is 1.95. The first-order valence-electron chi connectivity index (χ1n) is 3.69. The molecule has 0 saturated heterocycles. The van der Waals surface area contributed by atoms with Crippen molar-refractivity contribution in [3.63, 3.8) is 0 Å². The van der Waals surface area contributed by atoms with E-state index in [0.29, 0.717) is 5.82 Å². The number of fused-ring (bicyclic) bond motifs is 1. The fourth-order valence-corrected chi connectivity index (χ4v) is 2.47. The largest absolute Gasteiger partial charge is 0.383 e. The number of aromatic nitrogens is 2. The highest BCUT2D eigenvalue weighted by molar-refractivity contribution is 9.11. The van der Waals surface area contributed by atoms with Crippen LogP contribution in [0.15, 0.2) is 21.2 Å². The molecule has 68 valence electrons. The molecular weight excluding hydrogens is 298 g/mol. The number of rotatable bonds is 0. The van der Waals surface area contributed by atoms with Gasteiger partial charge in [0.15, 0.2) is 5.65 Å². The van der Waals surface area contributed by atoms with E-state index in [0.717, 1.165) is 20.3 Å². The van der Waals surface area contributed by atoms with Crippen molar-refractivity contribution in [3.8, 4) is 0 Å². The van der Waals surface area contributed by atoms with Crippen LogP contribution >= 0.6 is 31.9 Å². The lowest BCUT2D eigenvalue weighted by Crippen LogP contribution is -1.93. The second-order valence-corrected chi connectivity index (χ2v) is 4.55. The third-order valence-corrected chi connectivity index (χ3v) is 2.88. The molecule has 0 aromatic carbocycles. The van der Waals surface area contributed by atoms with E-state index >= 15 is 0 Å². The highest BCUT2D eigenvalue weighted by atomic mass is 79.9. The Morgan fingerprint density at radius 1 is 1.46 bits per heavy atom. The van der Waals surface area contributed by atoms with Gasteiger partial charge < -0.3 is 5.73 Å². The van der Waals surface area contributed by atoms with Crippen LogP contribution in [0.25, 0.3) is 5.65 Å². The van der Waals surface area contributed by atoms with Gasteiger partial charge in [0.2, 0.25) is 0 Å². The molecule has 5 heteroatoms. The van der Waals surface area contributed by atoms with Crippen molar-refractivity contribution in [3.05, 3.63) is 26.9 Å². The Labute approximate surface area is 92.2 Å². The van der Waals surface area contributed by atoms with Crippen molar-refractivity contribution in [2.24, 2.45) is 0 Å². The van der Waals surface area contributed by atoms with Gasteiger partial charge in [0.25, 0.3) is 0 Å². The predicted molar refractivity (Wildman–Crippen MR) is 59.7 cm³/mol. The average molecular weight is 305 g/mol. The topological polar surface area (TPSA) is 43.3 Å². The van der Waals surface area contributed by atoms with Gasteiger partial charge in [-0.05, 0) is 44.8 Å². The summed E-state index contributed by atoms with van der Waals surface area (Å²) in [6.45, 7) is 1.89. The number of halogens is 2. The summed E-state index contributed by atoms with van der Waals surface area (Å²) in [5.74, 6) is 0.678. The summed E-state index contributed by atoms with van der Waals surface area (Å²) in [7, 11) is 0. The van der Waals surface area contributed by atoms with Crippen molar-refractivity contribution >= 4 is 43.3 Å². The van der Waals surface area contributed by atoms with E-state index in [1.807, 2.05) is 23.6 Å². The van der Waals surface area contributed by atoms with E-state index in [1.165, 1.54) is 0 Å². The van der Waals surface area contributed by atoms with Crippen molar-refractivity contribution < 1.29 is 0 Å². The molecule has 0 fully saturated rings. The van der Waals surface area contributed by atoms with Crippen LogP contribution in [0, 0.1) is 6.92 Å². The fourth-order valence-electron chi connectivity index (χ4n) is 1.20. The zero-order valence-electron chi connectivity index (χ0n) is 6.88. The third kappa shape index (κ3) is 1.36. The van der Waals surface area contributed by atoms with E-state index in [4.69, 9.17) is 5.73 Å². The van der Waals surface area contributed by atoms with Crippen LogP contribution in [0.3, 0.4) is 0 Å². The summed E-state index contributed by atoms with van der Waals surface area (Å²) in [6.07, 6.45) is 1.90. The first kappa shape index (κ1) is 9.02. The van der Waals surface area contributed by atoms with Crippen LogP contribution < -0.4 is 5.73 Å². The van der Waals surface area contributed by atoms with Crippen molar-refractivity contribution in [1.82, 2.24) is 9.38 Å². The molecule has 2 rings (SSSR count). The Morgan fingerprint density at radius 2 is 2.15 bits per heavy atom. The minimum absolute atomic E-state index is 0.678. The van der Waals surface area contributed by atoms with Crippen LogP contribution in [-0.4, -0.2) is 9.38 Å². The third-order valence-electron chi connectivity index (χ3n) is 1.86. The molecule has 2 heterocycles. The molecular formula is C8H7Br2N3. The molecule has 2 aromatic rings. The van der Waals surface area contributed by atoms with Crippen LogP contribution in [0.2, 0.25) is 0 Å². The zero-order chi connectivity index (χ0) is 9.59. The quantitative estimate of drug-likeness (QED) is 0.813. The monoisotopic (exact) mass is 303 g/mol. The Balaban J connectivity index is 2.94. The van der Waals surface area contributed by atoms with Crippen molar-refractivity contribution in [2.75, 3.05) is 5.73 Å². The lowest BCUT2D eigenvalue weighted by Gasteiger charge is -1.99. The molecule has 0 radical (unpaired) electrons. The van der Waals surface area contributed by atoms with Gasteiger partial charge >= 0.3 is 0 Å². The Bertz CT molecular complexity index is 476. The van der Waals surface area contributed by atoms with Crippen molar-refractivity contribution in [1.29, 1.82) is 0 Å². The molecule has 0 aliphatic heterocycles. The summed E-state index contributed by atoms with van der Waals surface area (Å²) in [4.78, 5) is 4.32. The fraction of sp³-hybridized carbons (Fsp3) is 0.125. The van der Waals surface area contributed by atoms with E-state index in [-0.39, 0.29) is 0 Å². The molecule has 3 nitrogen and oxygen atoms in total. The van der Waals surface area contributed by atoms with Crippen LogP contribution in [0.1, 0.15) is 5.69 Å². The normalized spacial score (nSPS) is 11.0. The smallest absolute Gasteiger partial charge is 0.153 e. The highest BCUT2D eigenvalue weighted by Crippen LogP contribution is 2.25. The number of nitrogens with zero attached hydrogens (tertiary/aromatic N) is 2. The van der Waals surface area contributed by atoms with Crippen LogP contribution in [0.5, 0.6) is 0 Å².